The molecule has 0 aliphatic carbocycles. The minimum atomic E-state index is -0.0203. The first-order chi connectivity index (χ1) is 11.0. The molecule has 0 aliphatic heterocycles. The van der Waals surface area contributed by atoms with Gasteiger partial charge in [0.15, 0.2) is 0 Å². The average molecular weight is 328 g/mol. The molecule has 23 heavy (non-hydrogen) atoms. The third-order valence-electron chi connectivity index (χ3n) is 3.03. The highest BCUT2D eigenvalue weighted by Gasteiger charge is 2.06. The number of aromatic nitrogens is 2. The molecule has 0 atom stereocenters. The summed E-state index contributed by atoms with van der Waals surface area (Å²) >= 11 is 6.19. The maximum atomic E-state index is 8.67. The van der Waals surface area contributed by atoms with E-state index in [4.69, 9.17) is 26.9 Å². The summed E-state index contributed by atoms with van der Waals surface area (Å²) < 4.78 is 7.46. The number of nitriles is 2. The average Bonchev–Trinajstić information content (AvgIpc) is 2.85. The molecule has 1 aromatic carbocycles. The highest BCUT2D eigenvalue weighted by Crippen LogP contribution is 2.28. The van der Waals surface area contributed by atoms with Gasteiger partial charge in [0, 0.05) is 18.9 Å². The molecule has 0 saturated carbocycles. The van der Waals surface area contributed by atoms with Crippen molar-refractivity contribution in [1.82, 2.24) is 9.78 Å². The number of aryl methyl sites for hydroxylation is 2. The molecule has 0 aliphatic rings. The van der Waals surface area contributed by atoms with Crippen molar-refractivity contribution >= 4 is 17.3 Å². The van der Waals surface area contributed by atoms with Crippen molar-refractivity contribution in [1.29, 1.82) is 10.5 Å². The van der Waals surface area contributed by atoms with Crippen molar-refractivity contribution in [2.75, 3.05) is 5.32 Å². The molecule has 1 N–H and O–H groups in total. The van der Waals surface area contributed by atoms with Crippen molar-refractivity contribution in [2.24, 2.45) is 7.05 Å². The van der Waals surface area contributed by atoms with Gasteiger partial charge < -0.3 is 10.1 Å². The Balaban J connectivity index is 2.05. The first-order valence-electron chi connectivity index (χ1n) is 6.72. The molecular weight excluding hydrogens is 314 g/mol. The van der Waals surface area contributed by atoms with E-state index < -0.39 is 0 Å². The van der Waals surface area contributed by atoms with E-state index in [2.05, 4.69) is 10.4 Å². The minimum absolute atomic E-state index is 0.0203. The van der Waals surface area contributed by atoms with Gasteiger partial charge in [-0.25, -0.2) is 0 Å². The number of hydrogen-bond acceptors (Lipinski definition) is 5. The molecule has 0 radical (unpaired) electrons. The first-order valence-corrected chi connectivity index (χ1v) is 7.10. The molecule has 0 unspecified atom stereocenters. The zero-order chi connectivity index (χ0) is 16.8. The van der Waals surface area contributed by atoms with Gasteiger partial charge in [-0.05, 0) is 31.2 Å². The highest BCUT2D eigenvalue weighted by atomic mass is 35.5. The van der Waals surface area contributed by atoms with Gasteiger partial charge in [0.25, 0.3) is 0 Å². The molecule has 0 fully saturated rings. The summed E-state index contributed by atoms with van der Waals surface area (Å²) in [6, 6.07) is 10.6. The van der Waals surface area contributed by atoms with E-state index in [1.807, 2.05) is 20.0 Å². The van der Waals surface area contributed by atoms with Gasteiger partial charge in [-0.3, -0.25) is 4.68 Å². The SMILES string of the molecule is Cc1cc(COc2ccc(NC=C(C#N)C#N)cc2Cl)n(C)n1. The predicted octanol–water partition coefficient (Wildman–Crippen LogP) is 3.30. The molecule has 0 amide bonds. The number of ether oxygens (including phenoxy) is 1. The summed E-state index contributed by atoms with van der Waals surface area (Å²) in [5, 5.41) is 24.9. The second-order valence-electron chi connectivity index (χ2n) is 4.76. The van der Waals surface area contributed by atoms with E-state index in [1.54, 1.807) is 35.0 Å². The van der Waals surface area contributed by atoms with Crippen LogP contribution in [-0.2, 0) is 13.7 Å². The van der Waals surface area contributed by atoms with E-state index in [9.17, 15) is 0 Å². The van der Waals surface area contributed by atoms with Gasteiger partial charge >= 0.3 is 0 Å². The van der Waals surface area contributed by atoms with Crippen molar-refractivity contribution < 1.29 is 4.74 Å². The van der Waals surface area contributed by atoms with E-state index >= 15 is 0 Å². The lowest BCUT2D eigenvalue weighted by molar-refractivity contribution is 0.295. The largest absolute Gasteiger partial charge is 0.486 e. The number of nitrogens with zero attached hydrogens (tertiary/aromatic N) is 4. The number of anilines is 1. The summed E-state index contributed by atoms with van der Waals surface area (Å²) in [6.45, 7) is 2.28. The Hall–Kier alpha value is -2.96. The summed E-state index contributed by atoms with van der Waals surface area (Å²) in [4.78, 5) is 0. The monoisotopic (exact) mass is 327 g/mol. The number of benzene rings is 1. The smallest absolute Gasteiger partial charge is 0.145 e. The maximum Gasteiger partial charge on any atom is 0.145 e. The molecule has 116 valence electrons. The van der Waals surface area contributed by atoms with Crippen LogP contribution in [0.25, 0.3) is 0 Å². The van der Waals surface area contributed by atoms with E-state index in [0.29, 0.717) is 23.1 Å². The molecule has 6 nitrogen and oxygen atoms in total. The van der Waals surface area contributed by atoms with Crippen LogP contribution in [0, 0.1) is 29.6 Å². The fraction of sp³-hybridized carbons (Fsp3) is 0.188. The molecule has 2 rings (SSSR count). The lowest BCUT2D eigenvalue weighted by Gasteiger charge is -2.09. The van der Waals surface area contributed by atoms with Crippen LogP contribution in [0.2, 0.25) is 5.02 Å². The van der Waals surface area contributed by atoms with Crippen LogP contribution in [-0.4, -0.2) is 9.78 Å². The quantitative estimate of drug-likeness (QED) is 0.851. The molecule has 0 spiro atoms. The molecule has 1 heterocycles. The van der Waals surface area contributed by atoms with Crippen LogP contribution < -0.4 is 10.1 Å². The van der Waals surface area contributed by atoms with Crippen LogP contribution in [0.5, 0.6) is 5.75 Å². The van der Waals surface area contributed by atoms with Crippen LogP contribution in [0.15, 0.2) is 36.0 Å². The molecule has 0 bridgehead atoms. The summed E-state index contributed by atoms with van der Waals surface area (Å²) in [5.41, 5.74) is 2.50. The Morgan fingerprint density at radius 2 is 2.13 bits per heavy atom. The minimum Gasteiger partial charge on any atom is -0.486 e. The molecule has 1 aromatic heterocycles. The van der Waals surface area contributed by atoms with E-state index in [1.165, 1.54) is 6.20 Å². The van der Waals surface area contributed by atoms with Gasteiger partial charge in [-0.2, -0.15) is 15.6 Å². The second kappa shape index (κ2) is 7.35. The van der Waals surface area contributed by atoms with Crippen LogP contribution in [0.4, 0.5) is 5.69 Å². The number of nitrogens with one attached hydrogen (secondary N) is 1. The summed E-state index contributed by atoms with van der Waals surface area (Å²) in [7, 11) is 1.86. The lowest BCUT2D eigenvalue weighted by Crippen LogP contribution is -2.03. The first kappa shape index (κ1) is 16.4. The van der Waals surface area contributed by atoms with Gasteiger partial charge in [0.2, 0.25) is 0 Å². The topological polar surface area (TPSA) is 86.7 Å². The second-order valence-corrected chi connectivity index (χ2v) is 5.17. The third-order valence-corrected chi connectivity index (χ3v) is 3.33. The summed E-state index contributed by atoms with van der Waals surface area (Å²) in [5.74, 6) is 0.542. The highest BCUT2D eigenvalue weighted by molar-refractivity contribution is 6.32. The number of allylic oxidation sites excluding steroid dienone is 1. The zero-order valence-corrected chi connectivity index (χ0v) is 13.4. The van der Waals surface area contributed by atoms with Crippen molar-refractivity contribution in [2.45, 2.75) is 13.5 Å². The predicted molar refractivity (Wildman–Crippen MR) is 86.7 cm³/mol. The van der Waals surface area contributed by atoms with Gasteiger partial charge in [0.05, 0.1) is 16.4 Å². The molecule has 7 heteroatoms. The summed E-state index contributed by atoms with van der Waals surface area (Å²) in [6.07, 6.45) is 1.32. The number of halogens is 1. The van der Waals surface area contributed by atoms with Crippen LogP contribution in [0.3, 0.4) is 0 Å². The normalized spacial score (nSPS) is 9.61. The zero-order valence-electron chi connectivity index (χ0n) is 12.7. The Morgan fingerprint density at radius 3 is 2.70 bits per heavy atom. The Bertz CT molecular complexity index is 810. The van der Waals surface area contributed by atoms with Gasteiger partial charge in [-0.1, -0.05) is 11.6 Å². The van der Waals surface area contributed by atoms with Crippen molar-refractivity contribution in [3.63, 3.8) is 0 Å². The third kappa shape index (κ3) is 4.26. The molecule has 0 saturated heterocycles. The van der Waals surface area contributed by atoms with Crippen LogP contribution >= 0.6 is 11.6 Å². The number of rotatable bonds is 5. The molecular formula is C16H14ClN5O. The lowest BCUT2D eigenvalue weighted by atomic mass is 10.3. The van der Waals surface area contributed by atoms with Gasteiger partial charge in [0.1, 0.15) is 30.1 Å². The van der Waals surface area contributed by atoms with Crippen LogP contribution in [0.1, 0.15) is 11.4 Å². The fourth-order valence-corrected chi connectivity index (χ4v) is 2.14. The Morgan fingerprint density at radius 1 is 1.39 bits per heavy atom. The van der Waals surface area contributed by atoms with Crippen molar-refractivity contribution in [3.8, 4) is 17.9 Å². The van der Waals surface area contributed by atoms with Crippen molar-refractivity contribution in [3.05, 3.63) is 52.4 Å². The Labute approximate surface area is 139 Å². The number of hydrogen-bond donors (Lipinski definition) is 1. The van der Waals surface area contributed by atoms with E-state index in [-0.39, 0.29) is 5.57 Å². The standard InChI is InChI=1S/C16H14ClN5O/c1-11-5-14(22(2)21-11)10-23-16-4-3-13(6-15(16)17)20-9-12(7-18)8-19/h3-6,9,20H,10H2,1-2H3. The van der Waals surface area contributed by atoms with Gasteiger partial charge in [-0.15, -0.1) is 0 Å². The molecule has 2 aromatic rings. The van der Waals surface area contributed by atoms with E-state index in [0.717, 1.165) is 11.4 Å². The maximum absolute atomic E-state index is 8.67. The fourth-order valence-electron chi connectivity index (χ4n) is 1.90. The Kier molecular flexibility index (Phi) is 5.24.